The summed E-state index contributed by atoms with van der Waals surface area (Å²) in [5.74, 6) is -0.547. The van der Waals surface area contributed by atoms with Crippen LogP contribution in [0.25, 0.3) is 0 Å². The number of nitrogens with one attached hydrogen (secondary N) is 3. The number of hydrogen-bond donors (Lipinski definition) is 3. The van der Waals surface area contributed by atoms with Gasteiger partial charge in [-0.15, -0.1) is 0 Å². The van der Waals surface area contributed by atoms with Crippen LogP contribution in [-0.2, 0) is 22.1 Å². The molecule has 3 N–H and O–H groups in total. The number of ether oxygens (including phenoxy) is 1. The Labute approximate surface area is 133 Å². The minimum atomic E-state index is -1.41. The van der Waals surface area contributed by atoms with Crippen LogP contribution < -0.4 is 16.0 Å². The van der Waals surface area contributed by atoms with Crippen LogP contribution in [0.4, 0.5) is 9.59 Å². The minimum absolute atomic E-state index is 0.147. The number of carbonyl (C=O) groups excluding carboxylic acids is 3. The van der Waals surface area contributed by atoms with Crippen molar-refractivity contribution < 1.29 is 19.1 Å². The SMILES string of the molecule is Cc1nn(C)cc1[C@]1(CNC(=O)OC(C)(C)C)NC(=O)NC1=O. The van der Waals surface area contributed by atoms with E-state index in [-0.39, 0.29) is 6.54 Å². The lowest BCUT2D eigenvalue weighted by Gasteiger charge is -2.27. The maximum atomic E-state index is 12.3. The monoisotopic (exact) mass is 323 g/mol. The van der Waals surface area contributed by atoms with Crippen molar-refractivity contribution in [1.82, 2.24) is 25.7 Å². The third-order valence-corrected chi connectivity index (χ3v) is 3.31. The number of carbonyl (C=O) groups is 3. The van der Waals surface area contributed by atoms with Crippen molar-refractivity contribution in [3.8, 4) is 0 Å². The average molecular weight is 323 g/mol. The highest BCUT2D eigenvalue weighted by molar-refractivity contribution is 6.07. The molecule has 0 unspecified atom stereocenters. The standard InChI is InChI=1S/C14H21N5O4/c1-8-9(6-19(5)18-8)14(10(20)16-11(21)17-14)7-15-12(22)23-13(2,3)4/h6H,7H2,1-5H3,(H,15,22)(H2,16,17,20,21)/t14-/m0/s1. The van der Waals surface area contributed by atoms with E-state index < -0.39 is 29.2 Å². The van der Waals surface area contributed by atoms with Gasteiger partial charge >= 0.3 is 12.1 Å². The second-order valence-corrected chi connectivity index (χ2v) is 6.47. The molecule has 9 heteroatoms. The molecule has 1 saturated heterocycles. The van der Waals surface area contributed by atoms with Crippen molar-refractivity contribution in [2.75, 3.05) is 6.54 Å². The maximum Gasteiger partial charge on any atom is 0.407 e. The topological polar surface area (TPSA) is 114 Å². The first-order chi connectivity index (χ1) is 10.5. The van der Waals surface area contributed by atoms with Crippen LogP contribution in [0, 0.1) is 6.92 Å². The molecule has 0 bridgehead atoms. The molecule has 0 aromatic carbocycles. The largest absolute Gasteiger partial charge is 0.444 e. The molecule has 1 atom stereocenters. The van der Waals surface area contributed by atoms with Crippen molar-refractivity contribution in [2.45, 2.75) is 38.8 Å². The van der Waals surface area contributed by atoms with E-state index in [9.17, 15) is 14.4 Å². The Kier molecular flexibility index (Phi) is 4.06. The third-order valence-electron chi connectivity index (χ3n) is 3.31. The second kappa shape index (κ2) is 5.56. The van der Waals surface area contributed by atoms with E-state index in [2.05, 4.69) is 21.0 Å². The Morgan fingerprint density at radius 2 is 2.09 bits per heavy atom. The zero-order valence-corrected chi connectivity index (χ0v) is 13.8. The fourth-order valence-electron chi connectivity index (χ4n) is 2.44. The fraction of sp³-hybridized carbons (Fsp3) is 0.571. The van der Waals surface area contributed by atoms with Crippen LogP contribution >= 0.6 is 0 Å². The van der Waals surface area contributed by atoms with Gasteiger partial charge < -0.3 is 15.4 Å². The van der Waals surface area contributed by atoms with E-state index in [4.69, 9.17) is 4.74 Å². The summed E-state index contributed by atoms with van der Waals surface area (Å²) in [5, 5.41) is 11.5. The summed E-state index contributed by atoms with van der Waals surface area (Å²) >= 11 is 0. The van der Waals surface area contributed by atoms with Gasteiger partial charge in [0.1, 0.15) is 5.60 Å². The first kappa shape index (κ1) is 16.8. The first-order valence-electron chi connectivity index (χ1n) is 7.15. The number of hydrogen-bond acceptors (Lipinski definition) is 5. The van der Waals surface area contributed by atoms with Crippen molar-refractivity contribution in [1.29, 1.82) is 0 Å². The fourth-order valence-corrected chi connectivity index (χ4v) is 2.44. The minimum Gasteiger partial charge on any atom is -0.444 e. The van der Waals surface area contributed by atoms with E-state index >= 15 is 0 Å². The zero-order valence-electron chi connectivity index (χ0n) is 13.8. The van der Waals surface area contributed by atoms with Crippen LogP contribution in [0.3, 0.4) is 0 Å². The Hall–Kier alpha value is -2.58. The van der Waals surface area contributed by atoms with Gasteiger partial charge in [-0.2, -0.15) is 5.10 Å². The van der Waals surface area contributed by atoms with Gasteiger partial charge in [0.25, 0.3) is 5.91 Å². The van der Waals surface area contributed by atoms with Crippen LogP contribution in [0.15, 0.2) is 6.20 Å². The number of imide groups is 1. The third kappa shape index (κ3) is 3.43. The summed E-state index contributed by atoms with van der Waals surface area (Å²) in [6.45, 7) is 6.78. The van der Waals surface area contributed by atoms with Crippen molar-refractivity contribution in [2.24, 2.45) is 7.05 Å². The number of aromatic nitrogens is 2. The molecule has 0 saturated carbocycles. The molecule has 1 aliphatic rings. The summed E-state index contributed by atoms with van der Waals surface area (Å²) in [6.07, 6.45) is 0.962. The molecular formula is C14H21N5O4. The first-order valence-corrected chi connectivity index (χ1v) is 7.15. The molecule has 1 fully saturated rings. The summed E-state index contributed by atoms with van der Waals surface area (Å²) in [5.41, 5.74) is -0.982. The molecule has 2 rings (SSSR count). The van der Waals surface area contributed by atoms with E-state index in [1.165, 1.54) is 4.68 Å². The highest BCUT2D eigenvalue weighted by Crippen LogP contribution is 2.26. The average Bonchev–Trinajstić information content (AvgIpc) is 2.85. The summed E-state index contributed by atoms with van der Waals surface area (Å²) in [6, 6.07) is -0.621. The number of urea groups is 1. The van der Waals surface area contributed by atoms with Gasteiger partial charge in [0, 0.05) is 18.8 Å². The van der Waals surface area contributed by atoms with E-state index in [1.54, 1.807) is 40.9 Å². The van der Waals surface area contributed by atoms with Gasteiger partial charge in [0.15, 0.2) is 5.54 Å². The molecule has 1 aromatic heterocycles. The molecule has 0 spiro atoms. The number of amides is 4. The predicted molar refractivity (Wildman–Crippen MR) is 80.5 cm³/mol. The van der Waals surface area contributed by atoms with Crippen LogP contribution in [0.5, 0.6) is 0 Å². The number of rotatable bonds is 3. The molecule has 126 valence electrons. The van der Waals surface area contributed by atoms with Crippen LogP contribution in [-0.4, -0.2) is 40.0 Å². The van der Waals surface area contributed by atoms with Crippen molar-refractivity contribution >= 4 is 18.0 Å². The summed E-state index contributed by atoms with van der Waals surface area (Å²) < 4.78 is 6.70. The molecule has 2 heterocycles. The van der Waals surface area contributed by atoms with E-state index in [1.807, 2.05) is 0 Å². The van der Waals surface area contributed by atoms with Gasteiger partial charge in [-0.3, -0.25) is 14.8 Å². The molecule has 4 amide bonds. The van der Waals surface area contributed by atoms with E-state index in [0.29, 0.717) is 11.3 Å². The number of aryl methyl sites for hydroxylation is 2. The van der Waals surface area contributed by atoms with E-state index in [0.717, 1.165) is 0 Å². The molecule has 0 radical (unpaired) electrons. The lowest BCUT2D eigenvalue weighted by atomic mass is 9.90. The molecule has 0 aliphatic carbocycles. The molecule has 23 heavy (non-hydrogen) atoms. The van der Waals surface area contributed by atoms with Crippen molar-refractivity contribution in [3.63, 3.8) is 0 Å². The highest BCUT2D eigenvalue weighted by Gasteiger charge is 2.49. The maximum absolute atomic E-state index is 12.3. The quantitative estimate of drug-likeness (QED) is 0.692. The predicted octanol–water partition coefficient (Wildman–Crippen LogP) is 0.288. The van der Waals surface area contributed by atoms with Gasteiger partial charge in [0.05, 0.1) is 12.2 Å². The molecule has 1 aliphatic heterocycles. The number of alkyl carbamates (subject to hydrolysis) is 1. The van der Waals surface area contributed by atoms with Gasteiger partial charge in [0.2, 0.25) is 0 Å². The molecule has 1 aromatic rings. The number of nitrogens with zero attached hydrogens (tertiary/aromatic N) is 2. The Balaban J connectivity index is 2.26. The summed E-state index contributed by atoms with van der Waals surface area (Å²) in [4.78, 5) is 35.8. The second-order valence-electron chi connectivity index (χ2n) is 6.47. The van der Waals surface area contributed by atoms with Crippen LogP contribution in [0.2, 0.25) is 0 Å². The smallest absolute Gasteiger partial charge is 0.407 e. The van der Waals surface area contributed by atoms with Gasteiger partial charge in [-0.1, -0.05) is 0 Å². The Morgan fingerprint density at radius 3 is 2.52 bits per heavy atom. The zero-order chi connectivity index (χ0) is 17.4. The normalized spacial score (nSPS) is 20.9. The molecule has 9 nitrogen and oxygen atoms in total. The lowest BCUT2D eigenvalue weighted by molar-refractivity contribution is -0.124. The highest BCUT2D eigenvalue weighted by atomic mass is 16.6. The lowest BCUT2D eigenvalue weighted by Crippen LogP contribution is -2.53. The van der Waals surface area contributed by atoms with Gasteiger partial charge in [-0.05, 0) is 27.7 Å². The Bertz CT molecular complexity index is 661. The Morgan fingerprint density at radius 1 is 1.43 bits per heavy atom. The van der Waals surface area contributed by atoms with Crippen molar-refractivity contribution in [3.05, 3.63) is 17.5 Å². The molecular weight excluding hydrogens is 302 g/mol. The van der Waals surface area contributed by atoms with Crippen LogP contribution in [0.1, 0.15) is 32.0 Å². The van der Waals surface area contributed by atoms with Gasteiger partial charge in [-0.25, -0.2) is 9.59 Å². The summed E-state index contributed by atoms with van der Waals surface area (Å²) in [7, 11) is 1.71.